The van der Waals surface area contributed by atoms with E-state index in [1.165, 1.54) is 32.3 Å². The van der Waals surface area contributed by atoms with Gasteiger partial charge in [-0.1, -0.05) is 29.3 Å². The lowest BCUT2D eigenvalue weighted by molar-refractivity contribution is -0.274. The second-order valence-corrected chi connectivity index (χ2v) is 8.52. The Bertz CT molecular complexity index is 1070. The van der Waals surface area contributed by atoms with Gasteiger partial charge in [0.1, 0.15) is 5.75 Å². The first-order chi connectivity index (χ1) is 13.8. The summed E-state index contributed by atoms with van der Waals surface area (Å²) in [5.74, 6) is -1.35. The van der Waals surface area contributed by atoms with Gasteiger partial charge in [0.15, 0.2) is 4.91 Å². The minimum Gasteiger partial charge on any atom is -0.406 e. The van der Waals surface area contributed by atoms with Crippen LogP contribution in [-0.2, 0) is 14.8 Å². The summed E-state index contributed by atoms with van der Waals surface area (Å²) >= 11 is 11.8. The molecule has 0 saturated heterocycles. The van der Waals surface area contributed by atoms with Crippen molar-refractivity contribution >= 4 is 50.9 Å². The number of rotatable bonds is 6. The molecule has 0 spiro atoms. The van der Waals surface area contributed by atoms with Crippen LogP contribution in [0.5, 0.6) is 5.75 Å². The van der Waals surface area contributed by atoms with Crippen molar-refractivity contribution in [2.45, 2.75) is 6.36 Å². The van der Waals surface area contributed by atoms with Gasteiger partial charge in [-0.3, -0.25) is 9.52 Å². The van der Waals surface area contributed by atoms with E-state index in [1.807, 2.05) is 0 Å². The predicted molar refractivity (Wildman–Crippen MR) is 109 cm³/mol. The molecule has 6 nitrogen and oxygen atoms in total. The molecule has 30 heavy (non-hydrogen) atoms. The molecular formula is C18H15Cl2F3N2O4S. The third kappa shape index (κ3) is 6.54. The third-order valence-electron chi connectivity index (χ3n) is 3.49. The molecule has 0 aliphatic heterocycles. The van der Waals surface area contributed by atoms with Crippen molar-refractivity contribution < 1.29 is 31.1 Å². The minimum atomic E-state index is -4.88. The molecule has 12 heteroatoms. The number of hydrogen-bond donors (Lipinski definition) is 1. The largest absolute Gasteiger partial charge is 0.573 e. The van der Waals surface area contributed by atoms with Crippen molar-refractivity contribution in [1.82, 2.24) is 4.90 Å². The molecule has 0 saturated carbocycles. The second-order valence-electron chi connectivity index (χ2n) is 6.06. The molecule has 0 aromatic heterocycles. The van der Waals surface area contributed by atoms with Crippen LogP contribution < -0.4 is 9.46 Å². The Morgan fingerprint density at radius 2 is 1.67 bits per heavy atom. The number of halogens is 5. The Hall–Kier alpha value is -2.43. The number of nitrogens with zero attached hydrogens (tertiary/aromatic N) is 1. The van der Waals surface area contributed by atoms with Crippen LogP contribution in [0.25, 0.3) is 6.08 Å². The number of ether oxygens (including phenoxy) is 1. The molecule has 0 fully saturated rings. The van der Waals surface area contributed by atoms with E-state index in [4.69, 9.17) is 23.2 Å². The van der Waals surface area contributed by atoms with Crippen molar-refractivity contribution in [1.29, 1.82) is 0 Å². The lowest BCUT2D eigenvalue weighted by atomic mass is 10.2. The lowest BCUT2D eigenvalue weighted by Gasteiger charge is -2.16. The maximum atomic E-state index is 12.8. The molecule has 0 unspecified atom stereocenters. The normalized spacial score (nSPS) is 12.4. The average Bonchev–Trinajstić information content (AvgIpc) is 2.62. The SMILES string of the molecule is CN(C)C(=O)/C(=C\c1ccc(Cl)c(Cl)c1)S(=O)(=O)Nc1ccc(OC(F)(F)F)cc1. The fraction of sp³-hybridized carbons (Fsp3) is 0.167. The molecule has 0 aliphatic carbocycles. The predicted octanol–water partition coefficient (Wildman–Crippen LogP) is 4.76. The highest BCUT2D eigenvalue weighted by Gasteiger charge is 2.31. The third-order valence-corrected chi connectivity index (χ3v) is 5.60. The Balaban J connectivity index is 2.38. The van der Waals surface area contributed by atoms with Crippen molar-refractivity contribution in [3.8, 4) is 5.75 Å². The van der Waals surface area contributed by atoms with E-state index in [9.17, 15) is 26.4 Å². The van der Waals surface area contributed by atoms with Gasteiger partial charge < -0.3 is 9.64 Å². The number of likely N-dealkylation sites (N-methyl/N-ethyl adjacent to an activating group) is 1. The summed E-state index contributed by atoms with van der Waals surface area (Å²) in [4.78, 5) is 12.9. The van der Waals surface area contributed by atoms with E-state index in [0.29, 0.717) is 5.56 Å². The number of amides is 1. The zero-order valence-electron chi connectivity index (χ0n) is 15.5. The number of anilines is 1. The van der Waals surface area contributed by atoms with Gasteiger partial charge in [0.05, 0.1) is 10.0 Å². The molecular weight excluding hydrogens is 468 g/mol. The van der Waals surface area contributed by atoms with Crippen LogP contribution in [0.1, 0.15) is 5.56 Å². The van der Waals surface area contributed by atoms with Gasteiger partial charge in [-0.05, 0) is 48.0 Å². The maximum absolute atomic E-state index is 12.8. The second kappa shape index (κ2) is 9.15. The fourth-order valence-corrected chi connectivity index (χ4v) is 3.73. The summed E-state index contributed by atoms with van der Waals surface area (Å²) in [5, 5.41) is 0.407. The summed E-state index contributed by atoms with van der Waals surface area (Å²) in [7, 11) is -1.68. The van der Waals surface area contributed by atoms with Crippen LogP contribution >= 0.6 is 23.2 Å². The van der Waals surface area contributed by atoms with E-state index < -0.39 is 32.9 Å². The van der Waals surface area contributed by atoms with Crippen LogP contribution in [0, 0.1) is 0 Å². The Morgan fingerprint density at radius 3 is 2.17 bits per heavy atom. The van der Waals surface area contributed by atoms with E-state index in [1.54, 1.807) is 0 Å². The molecule has 0 radical (unpaired) electrons. The molecule has 162 valence electrons. The van der Waals surface area contributed by atoms with E-state index >= 15 is 0 Å². The van der Waals surface area contributed by atoms with Gasteiger partial charge >= 0.3 is 6.36 Å². The molecule has 1 amide bonds. The standard InChI is InChI=1S/C18H15Cl2F3N2O4S/c1-25(2)17(26)16(10-11-3-8-14(19)15(20)9-11)30(27,28)24-12-4-6-13(7-5-12)29-18(21,22)23/h3-10,24H,1-2H3/b16-10+. The number of sulfonamides is 1. The number of nitrogens with one attached hydrogen (secondary N) is 1. The summed E-state index contributed by atoms with van der Waals surface area (Å²) in [6.45, 7) is 0. The van der Waals surface area contributed by atoms with Crippen molar-refractivity contribution in [3.05, 3.63) is 63.0 Å². The molecule has 0 bridgehead atoms. The van der Waals surface area contributed by atoms with Crippen molar-refractivity contribution in [2.24, 2.45) is 0 Å². The maximum Gasteiger partial charge on any atom is 0.573 e. The van der Waals surface area contributed by atoms with Crippen LogP contribution in [0.3, 0.4) is 0 Å². The summed E-state index contributed by atoms with van der Waals surface area (Å²) in [6, 6.07) is 8.28. The number of alkyl halides is 3. The Morgan fingerprint density at radius 1 is 1.07 bits per heavy atom. The van der Waals surface area contributed by atoms with Crippen LogP contribution in [0.2, 0.25) is 10.0 Å². The smallest absolute Gasteiger partial charge is 0.406 e. The highest BCUT2D eigenvalue weighted by atomic mass is 35.5. The zero-order valence-corrected chi connectivity index (χ0v) is 17.8. The average molecular weight is 483 g/mol. The monoisotopic (exact) mass is 482 g/mol. The van der Waals surface area contributed by atoms with E-state index in [2.05, 4.69) is 9.46 Å². The highest BCUT2D eigenvalue weighted by Crippen LogP contribution is 2.27. The molecule has 2 aromatic carbocycles. The number of hydrogen-bond acceptors (Lipinski definition) is 4. The molecule has 0 atom stereocenters. The molecule has 2 rings (SSSR count). The van der Waals surface area contributed by atoms with Gasteiger partial charge in [-0.25, -0.2) is 8.42 Å². The number of carbonyl (C=O) groups excluding carboxylic acids is 1. The van der Waals surface area contributed by atoms with Crippen LogP contribution in [-0.4, -0.2) is 39.7 Å². The lowest BCUT2D eigenvalue weighted by Crippen LogP contribution is -2.30. The van der Waals surface area contributed by atoms with Crippen LogP contribution in [0.15, 0.2) is 47.4 Å². The van der Waals surface area contributed by atoms with Crippen LogP contribution in [0.4, 0.5) is 18.9 Å². The fourth-order valence-electron chi connectivity index (χ4n) is 2.16. The van der Waals surface area contributed by atoms with Gasteiger partial charge in [-0.2, -0.15) is 0 Å². The molecule has 0 heterocycles. The topological polar surface area (TPSA) is 75.7 Å². The number of carbonyl (C=O) groups is 1. The molecule has 2 aromatic rings. The van der Waals surface area contributed by atoms with Crippen molar-refractivity contribution in [3.63, 3.8) is 0 Å². The zero-order chi connectivity index (χ0) is 22.7. The highest BCUT2D eigenvalue weighted by molar-refractivity contribution is 7.97. The summed E-state index contributed by atoms with van der Waals surface area (Å²) < 4.78 is 68.2. The first-order valence-electron chi connectivity index (χ1n) is 8.05. The van der Waals surface area contributed by atoms with Gasteiger partial charge in [0.2, 0.25) is 0 Å². The van der Waals surface area contributed by atoms with E-state index in [0.717, 1.165) is 35.2 Å². The first kappa shape index (κ1) is 23.8. The minimum absolute atomic E-state index is 0.0730. The quantitative estimate of drug-likeness (QED) is 0.602. The summed E-state index contributed by atoms with van der Waals surface area (Å²) in [6.07, 6.45) is -3.77. The van der Waals surface area contributed by atoms with E-state index in [-0.39, 0.29) is 15.7 Å². The molecule has 1 N–H and O–H groups in total. The summed E-state index contributed by atoms with van der Waals surface area (Å²) in [5.41, 5.74) is 0.227. The van der Waals surface area contributed by atoms with Gasteiger partial charge in [0, 0.05) is 19.8 Å². The van der Waals surface area contributed by atoms with Gasteiger partial charge in [0.25, 0.3) is 15.9 Å². The van der Waals surface area contributed by atoms with Gasteiger partial charge in [-0.15, -0.1) is 13.2 Å². The Labute approximate surface area is 180 Å². The first-order valence-corrected chi connectivity index (χ1v) is 10.3. The Kier molecular flexibility index (Phi) is 7.27. The van der Waals surface area contributed by atoms with Crippen molar-refractivity contribution in [2.75, 3.05) is 18.8 Å². The molecule has 0 aliphatic rings. The number of benzene rings is 2.